The third kappa shape index (κ3) is 3.68. The quantitative estimate of drug-likeness (QED) is 0.834. The first-order chi connectivity index (χ1) is 13.0. The highest BCUT2D eigenvalue weighted by atomic mass is 32.2. The Labute approximate surface area is 158 Å². The van der Waals surface area contributed by atoms with Crippen LogP contribution in [0.1, 0.15) is 29.6 Å². The van der Waals surface area contributed by atoms with Crippen LogP contribution in [0.15, 0.2) is 53.7 Å². The molecule has 3 atom stereocenters. The summed E-state index contributed by atoms with van der Waals surface area (Å²) in [5, 5.41) is 5.77. The molecule has 0 spiro atoms. The van der Waals surface area contributed by atoms with Crippen LogP contribution in [-0.2, 0) is 14.6 Å². The highest BCUT2D eigenvalue weighted by molar-refractivity contribution is 7.91. The van der Waals surface area contributed by atoms with E-state index in [-0.39, 0.29) is 36.4 Å². The average Bonchev–Trinajstić information content (AvgIpc) is 3.23. The van der Waals surface area contributed by atoms with Crippen molar-refractivity contribution >= 4 is 15.9 Å². The summed E-state index contributed by atoms with van der Waals surface area (Å²) in [7, 11) is -3.27. The number of carbonyl (C=O) groups is 1. The van der Waals surface area contributed by atoms with Crippen LogP contribution in [0.2, 0.25) is 0 Å². The number of sulfone groups is 1. The van der Waals surface area contributed by atoms with E-state index in [1.165, 1.54) is 0 Å². The Kier molecular flexibility index (Phi) is 4.84. The lowest BCUT2D eigenvalue weighted by Crippen LogP contribution is -2.44. The highest BCUT2D eigenvalue weighted by Crippen LogP contribution is 2.34. The molecule has 0 saturated carbocycles. The molecule has 2 aliphatic heterocycles. The van der Waals surface area contributed by atoms with Crippen molar-refractivity contribution in [2.75, 3.05) is 18.9 Å². The number of fused-ring (bicyclic) bond motifs is 1. The first kappa shape index (κ1) is 17.9. The molecule has 0 aliphatic carbocycles. The van der Waals surface area contributed by atoms with E-state index in [9.17, 15) is 13.2 Å². The number of ether oxygens (including phenoxy) is 1. The normalized spacial score (nSPS) is 25.7. The molecule has 1 fully saturated rings. The molecule has 7 nitrogen and oxygen atoms in total. The second-order valence-electron chi connectivity index (χ2n) is 6.84. The molecule has 1 aromatic carbocycles. The molecule has 2 amide bonds. The number of rotatable bonds is 4. The van der Waals surface area contributed by atoms with Gasteiger partial charge in [-0.2, -0.15) is 0 Å². The summed E-state index contributed by atoms with van der Waals surface area (Å²) < 4.78 is 30.2. The lowest BCUT2D eigenvalue weighted by atomic mass is 10.0. The zero-order chi connectivity index (χ0) is 18.9. The minimum Gasteiger partial charge on any atom is -0.371 e. The van der Waals surface area contributed by atoms with Gasteiger partial charge in [-0.15, -0.1) is 0 Å². The van der Waals surface area contributed by atoms with Crippen LogP contribution in [0.4, 0.5) is 4.79 Å². The molecule has 8 heteroatoms. The Morgan fingerprint density at radius 3 is 2.78 bits per heavy atom. The van der Waals surface area contributed by atoms with Crippen molar-refractivity contribution in [1.82, 2.24) is 15.6 Å². The molecule has 3 heterocycles. The molecule has 27 heavy (non-hydrogen) atoms. The summed E-state index contributed by atoms with van der Waals surface area (Å²) in [4.78, 5) is 16.7. The smallest absolute Gasteiger partial charge is 0.315 e. The standard InChI is InChI=1S/C19H21N3O4S/c23-19(22-16-7-10-26-18(16)13-5-8-20-9-6-13)21-11-14-12-27(24,25)17-4-2-1-3-15(14)17/h1-6,8-9,14,16,18H,7,10-12H2,(H2,21,22,23)/t14?,16-,18+/m1/s1. The minimum atomic E-state index is -3.27. The van der Waals surface area contributed by atoms with Gasteiger partial charge in [-0.25, -0.2) is 13.2 Å². The van der Waals surface area contributed by atoms with E-state index >= 15 is 0 Å². The van der Waals surface area contributed by atoms with Crippen molar-refractivity contribution in [2.45, 2.75) is 29.4 Å². The van der Waals surface area contributed by atoms with Gasteiger partial charge >= 0.3 is 6.03 Å². The summed E-state index contributed by atoms with van der Waals surface area (Å²) in [5.74, 6) is -0.202. The third-order valence-corrected chi connectivity index (χ3v) is 6.95. The van der Waals surface area contributed by atoms with Crippen molar-refractivity contribution in [3.8, 4) is 0 Å². The predicted molar refractivity (Wildman–Crippen MR) is 99.1 cm³/mol. The van der Waals surface area contributed by atoms with Gasteiger partial charge < -0.3 is 15.4 Å². The molecular weight excluding hydrogens is 366 g/mol. The number of nitrogens with one attached hydrogen (secondary N) is 2. The average molecular weight is 387 g/mol. The van der Waals surface area contributed by atoms with Gasteiger partial charge in [0.15, 0.2) is 9.84 Å². The second-order valence-corrected chi connectivity index (χ2v) is 8.84. The lowest BCUT2D eigenvalue weighted by molar-refractivity contribution is 0.0998. The van der Waals surface area contributed by atoms with Gasteiger partial charge in [0.2, 0.25) is 0 Å². The van der Waals surface area contributed by atoms with Gasteiger partial charge in [-0.1, -0.05) is 18.2 Å². The van der Waals surface area contributed by atoms with E-state index in [4.69, 9.17) is 4.74 Å². The van der Waals surface area contributed by atoms with E-state index in [0.29, 0.717) is 11.5 Å². The van der Waals surface area contributed by atoms with Gasteiger partial charge in [0.05, 0.1) is 16.7 Å². The molecule has 0 bridgehead atoms. The lowest BCUT2D eigenvalue weighted by Gasteiger charge is -2.21. The van der Waals surface area contributed by atoms with E-state index in [2.05, 4.69) is 15.6 Å². The van der Waals surface area contributed by atoms with Gasteiger partial charge in [0.25, 0.3) is 0 Å². The van der Waals surface area contributed by atoms with E-state index in [1.807, 2.05) is 24.3 Å². The molecule has 1 aromatic heterocycles. The largest absolute Gasteiger partial charge is 0.371 e. The number of nitrogens with zero attached hydrogens (tertiary/aromatic N) is 1. The van der Waals surface area contributed by atoms with Crippen molar-refractivity contribution in [3.63, 3.8) is 0 Å². The van der Waals surface area contributed by atoms with Crippen LogP contribution in [0, 0.1) is 0 Å². The van der Waals surface area contributed by atoms with Crippen molar-refractivity contribution in [2.24, 2.45) is 0 Å². The molecule has 142 valence electrons. The summed E-state index contributed by atoms with van der Waals surface area (Å²) >= 11 is 0. The number of hydrogen-bond donors (Lipinski definition) is 2. The summed E-state index contributed by atoms with van der Waals surface area (Å²) in [6, 6.07) is 10.3. The van der Waals surface area contributed by atoms with Crippen molar-refractivity contribution < 1.29 is 17.9 Å². The van der Waals surface area contributed by atoms with Crippen LogP contribution < -0.4 is 10.6 Å². The Morgan fingerprint density at radius 2 is 1.96 bits per heavy atom. The molecule has 2 N–H and O–H groups in total. The highest BCUT2D eigenvalue weighted by Gasteiger charge is 2.35. The maximum atomic E-state index is 12.4. The number of benzene rings is 1. The maximum Gasteiger partial charge on any atom is 0.315 e. The summed E-state index contributed by atoms with van der Waals surface area (Å²) in [5.41, 5.74) is 1.75. The van der Waals surface area contributed by atoms with Crippen LogP contribution in [0.5, 0.6) is 0 Å². The fourth-order valence-electron chi connectivity index (χ4n) is 3.77. The first-order valence-corrected chi connectivity index (χ1v) is 10.6. The van der Waals surface area contributed by atoms with E-state index < -0.39 is 9.84 Å². The minimum absolute atomic E-state index is 0.0266. The maximum absolute atomic E-state index is 12.4. The number of urea groups is 1. The van der Waals surface area contributed by atoms with Crippen LogP contribution in [0.3, 0.4) is 0 Å². The number of aromatic nitrogens is 1. The third-order valence-electron chi connectivity index (χ3n) is 5.07. The fourth-order valence-corrected chi connectivity index (χ4v) is 5.66. The van der Waals surface area contributed by atoms with Gasteiger partial charge in [0, 0.05) is 31.5 Å². The Balaban J connectivity index is 1.37. The number of pyridine rings is 1. The Bertz CT molecular complexity index is 933. The fraction of sp³-hybridized carbons (Fsp3) is 0.368. The summed E-state index contributed by atoms with van der Waals surface area (Å²) in [6.07, 6.45) is 3.92. The van der Waals surface area contributed by atoms with Crippen LogP contribution >= 0.6 is 0 Å². The molecule has 1 unspecified atom stereocenters. The molecule has 4 rings (SSSR count). The second kappa shape index (κ2) is 7.28. The number of amides is 2. The first-order valence-electron chi connectivity index (χ1n) is 8.92. The van der Waals surface area contributed by atoms with Crippen molar-refractivity contribution in [1.29, 1.82) is 0 Å². The summed E-state index contributed by atoms with van der Waals surface area (Å²) in [6.45, 7) is 0.849. The zero-order valence-electron chi connectivity index (χ0n) is 14.7. The topological polar surface area (TPSA) is 97.4 Å². The molecule has 1 saturated heterocycles. The van der Waals surface area contributed by atoms with Gasteiger partial charge in [0.1, 0.15) is 6.10 Å². The van der Waals surface area contributed by atoms with Gasteiger partial charge in [-0.3, -0.25) is 4.98 Å². The molecular formula is C19H21N3O4S. The monoisotopic (exact) mass is 387 g/mol. The van der Waals surface area contributed by atoms with Crippen LogP contribution in [-0.4, -0.2) is 44.4 Å². The van der Waals surface area contributed by atoms with E-state index in [0.717, 1.165) is 17.5 Å². The molecule has 2 aromatic rings. The number of hydrogen-bond acceptors (Lipinski definition) is 5. The predicted octanol–water partition coefficient (Wildman–Crippen LogP) is 1.78. The zero-order valence-corrected chi connectivity index (χ0v) is 15.5. The molecule has 0 radical (unpaired) electrons. The van der Waals surface area contributed by atoms with Crippen molar-refractivity contribution in [3.05, 3.63) is 59.9 Å². The Morgan fingerprint density at radius 1 is 1.19 bits per heavy atom. The van der Waals surface area contributed by atoms with E-state index in [1.54, 1.807) is 24.5 Å². The number of carbonyl (C=O) groups excluding carboxylic acids is 1. The molecule has 2 aliphatic rings. The Hall–Kier alpha value is -2.45. The van der Waals surface area contributed by atoms with Crippen LogP contribution in [0.25, 0.3) is 0 Å². The van der Waals surface area contributed by atoms with Gasteiger partial charge in [-0.05, 0) is 35.7 Å². The SMILES string of the molecule is O=C(NCC1CS(=O)(=O)c2ccccc21)N[C@@H]1CCO[C@H]1c1ccncc1.